The molecule has 2 unspecified atom stereocenters. The van der Waals surface area contributed by atoms with E-state index in [1.54, 1.807) is 13.0 Å². The minimum absolute atomic E-state index is 0.802. The number of aliphatic carboxylic acids is 1. The molecular formula is C7H13N3O2. The van der Waals surface area contributed by atoms with Crippen molar-refractivity contribution in [3.63, 3.8) is 0 Å². The van der Waals surface area contributed by atoms with E-state index >= 15 is 0 Å². The molecule has 0 amide bonds. The van der Waals surface area contributed by atoms with Crippen LogP contribution in [0.25, 0.3) is 0 Å². The molecule has 0 aliphatic carbocycles. The monoisotopic (exact) mass is 171 g/mol. The Balaban J connectivity index is 4.31. The fourth-order valence-corrected chi connectivity index (χ4v) is 0.675. The van der Waals surface area contributed by atoms with Gasteiger partial charge in [0.25, 0.3) is 0 Å². The number of nitrogens with two attached hydrogens (primary N) is 1. The molecule has 12 heavy (non-hydrogen) atoms. The van der Waals surface area contributed by atoms with E-state index < -0.39 is 18.2 Å². The third-order valence-electron chi connectivity index (χ3n) is 1.27. The zero-order valence-corrected chi connectivity index (χ0v) is 7.11. The molecule has 0 aliphatic heterocycles. The Labute approximate surface area is 71.0 Å². The summed E-state index contributed by atoms with van der Waals surface area (Å²) in [5, 5.41) is 11.1. The van der Waals surface area contributed by atoms with Gasteiger partial charge in [-0.05, 0) is 25.9 Å². The number of hydrogen-bond acceptors (Lipinski definition) is 4. The van der Waals surface area contributed by atoms with Gasteiger partial charge in [-0.25, -0.2) is 4.99 Å². The van der Waals surface area contributed by atoms with E-state index in [9.17, 15) is 4.79 Å². The molecule has 0 rings (SSSR count). The third kappa shape index (κ3) is 3.30. The molecule has 0 bridgehead atoms. The smallest absolute Gasteiger partial charge is 0.324 e. The topological polar surface area (TPSA) is 87.7 Å². The maximum absolute atomic E-state index is 10.5. The number of rotatable bonds is 4. The number of carbonyl (C=O) groups is 1. The zero-order chi connectivity index (χ0) is 9.56. The van der Waals surface area contributed by atoms with Crippen molar-refractivity contribution in [2.45, 2.75) is 19.1 Å². The van der Waals surface area contributed by atoms with E-state index in [0.717, 1.165) is 0 Å². The number of hydrogen-bond donors (Lipinski definition) is 3. The molecular weight excluding hydrogens is 158 g/mol. The van der Waals surface area contributed by atoms with E-state index in [1.807, 2.05) is 0 Å². The van der Waals surface area contributed by atoms with Gasteiger partial charge in [-0.2, -0.15) is 0 Å². The number of likely N-dealkylation sites (N-methyl/N-ethyl adjacent to an activating group) is 1. The van der Waals surface area contributed by atoms with Crippen LogP contribution < -0.4 is 11.1 Å². The Morgan fingerprint density at radius 3 is 2.75 bits per heavy atom. The molecule has 0 aliphatic rings. The molecule has 5 heteroatoms. The van der Waals surface area contributed by atoms with Crippen LogP contribution in [0.2, 0.25) is 0 Å². The average Bonchev–Trinajstić information content (AvgIpc) is 2.01. The van der Waals surface area contributed by atoms with Crippen LogP contribution in [0.3, 0.4) is 0 Å². The molecule has 2 atom stereocenters. The number of nitrogens with zero attached hydrogens (tertiary/aromatic N) is 1. The molecule has 0 aromatic rings. The summed E-state index contributed by atoms with van der Waals surface area (Å²) in [5.41, 5.74) is 5.42. The highest BCUT2D eigenvalue weighted by atomic mass is 16.4. The largest absolute Gasteiger partial charge is 0.480 e. The highest BCUT2D eigenvalue weighted by molar-refractivity contribution is 5.74. The second-order valence-corrected chi connectivity index (χ2v) is 2.14. The van der Waals surface area contributed by atoms with Crippen molar-refractivity contribution in [2.75, 3.05) is 7.05 Å². The fraction of sp³-hybridized carbons (Fsp3) is 0.571. The lowest BCUT2D eigenvalue weighted by Gasteiger charge is -2.13. The highest BCUT2D eigenvalue weighted by Gasteiger charge is 2.21. The van der Waals surface area contributed by atoms with E-state index in [-0.39, 0.29) is 0 Å². The molecule has 0 fully saturated rings. The highest BCUT2D eigenvalue weighted by Crippen LogP contribution is 1.90. The molecule has 0 aromatic carbocycles. The molecule has 68 valence electrons. The van der Waals surface area contributed by atoms with E-state index in [2.05, 4.69) is 16.2 Å². The molecule has 0 radical (unpaired) electrons. The summed E-state index contributed by atoms with van der Waals surface area (Å²) in [6.45, 7) is 1.73. The van der Waals surface area contributed by atoms with Gasteiger partial charge in [-0.1, -0.05) is 0 Å². The van der Waals surface area contributed by atoms with E-state index in [0.29, 0.717) is 0 Å². The van der Waals surface area contributed by atoms with Gasteiger partial charge in [-0.3, -0.25) is 4.79 Å². The first kappa shape index (κ1) is 10.8. The van der Waals surface area contributed by atoms with Gasteiger partial charge in [0, 0.05) is 0 Å². The first-order chi connectivity index (χ1) is 5.63. The molecule has 0 saturated heterocycles. The first-order valence-electron chi connectivity index (χ1n) is 3.52. The maximum Gasteiger partial charge on any atom is 0.324 e. The maximum atomic E-state index is 10.5. The summed E-state index contributed by atoms with van der Waals surface area (Å²) in [5.74, 6) is 1.47. The molecule has 4 N–H and O–H groups in total. The minimum Gasteiger partial charge on any atom is -0.480 e. The van der Waals surface area contributed by atoms with Gasteiger partial charge < -0.3 is 16.2 Å². The van der Waals surface area contributed by atoms with E-state index in [4.69, 9.17) is 10.8 Å². The van der Waals surface area contributed by atoms with Crippen LogP contribution in [-0.2, 0) is 4.79 Å². The summed E-state index contributed by atoms with van der Waals surface area (Å²) in [4.78, 5) is 14.2. The average molecular weight is 171 g/mol. The first-order valence-corrected chi connectivity index (χ1v) is 3.52. The number of aliphatic imine (C=N–C) groups is 1. The van der Waals surface area contributed by atoms with Gasteiger partial charge in [0.15, 0.2) is 0 Å². The van der Waals surface area contributed by atoms with Crippen LogP contribution >= 0.6 is 0 Å². The second-order valence-electron chi connectivity index (χ2n) is 2.14. The van der Waals surface area contributed by atoms with Crippen LogP contribution in [0.4, 0.5) is 0 Å². The molecule has 0 heterocycles. The predicted octanol–water partition coefficient (Wildman–Crippen LogP) is -0.810. The Morgan fingerprint density at radius 2 is 2.42 bits per heavy atom. The van der Waals surface area contributed by atoms with Crippen molar-refractivity contribution < 1.29 is 9.90 Å². The summed E-state index contributed by atoms with van der Waals surface area (Å²) in [7, 11) is 1.52. The van der Waals surface area contributed by atoms with Crippen molar-refractivity contribution in [2.24, 2.45) is 10.7 Å². The van der Waals surface area contributed by atoms with Gasteiger partial charge in [-0.15, -0.1) is 0 Å². The number of carboxylic acid groups (broad SMARTS) is 1. The lowest BCUT2D eigenvalue weighted by molar-refractivity contribution is -0.139. The van der Waals surface area contributed by atoms with Gasteiger partial charge in [0.1, 0.15) is 12.2 Å². The summed E-state index contributed by atoms with van der Waals surface area (Å²) < 4.78 is 0. The lowest BCUT2D eigenvalue weighted by Crippen LogP contribution is -2.47. The molecule has 5 nitrogen and oxygen atoms in total. The van der Waals surface area contributed by atoms with Crippen LogP contribution in [0.5, 0.6) is 0 Å². The SMILES string of the molecule is CC=C=NC(N)C(NC)C(=O)O. The fourth-order valence-electron chi connectivity index (χ4n) is 0.675. The van der Waals surface area contributed by atoms with E-state index in [1.165, 1.54) is 7.05 Å². The summed E-state index contributed by atoms with van der Waals surface area (Å²) >= 11 is 0. The van der Waals surface area contributed by atoms with Crippen LogP contribution in [0.1, 0.15) is 6.92 Å². The number of carboxylic acids is 1. The Bertz CT molecular complexity index is 209. The quantitative estimate of drug-likeness (QED) is 0.483. The predicted molar refractivity (Wildman–Crippen MR) is 46.1 cm³/mol. The molecule has 0 saturated carbocycles. The number of nitrogens with one attached hydrogen (secondary N) is 1. The van der Waals surface area contributed by atoms with Gasteiger partial charge in [0.2, 0.25) is 0 Å². The van der Waals surface area contributed by atoms with Crippen molar-refractivity contribution in [3.05, 3.63) is 6.08 Å². The van der Waals surface area contributed by atoms with Crippen molar-refractivity contribution in [1.82, 2.24) is 5.32 Å². The van der Waals surface area contributed by atoms with Crippen molar-refractivity contribution >= 4 is 11.8 Å². The third-order valence-corrected chi connectivity index (χ3v) is 1.27. The minimum atomic E-state index is -1.02. The normalized spacial score (nSPS) is 14.2. The summed E-state index contributed by atoms with van der Waals surface area (Å²) in [6, 6.07) is -0.863. The standard InChI is InChI=1S/C7H13N3O2/c1-3-4-10-6(8)5(9-2)7(11)12/h3,5-6,9H,8H2,1-2H3,(H,11,12). The van der Waals surface area contributed by atoms with Gasteiger partial charge >= 0.3 is 5.97 Å². The zero-order valence-electron chi connectivity index (χ0n) is 7.11. The van der Waals surface area contributed by atoms with Gasteiger partial charge in [0.05, 0.1) is 0 Å². The molecule has 0 aromatic heterocycles. The van der Waals surface area contributed by atoms with Crippen LogP contribution in [0.15, 0.2) is 11.1 Å². The van der Waals surface area contributed by atoms with Crippen molar-refractivity contribution in [1.29, 1.82) is 0 Å². The van der Waals surface area contributed by atoms with Crippen LogP contribution in [0, 0.1) is 0 Å². The number of allylic oxidation sites excluding steroid dienone is 1. The Kier molecular flexibility index (Phi) is 4.96. The van der Waals surface area contributed by atoms with Crippen LogP contribution in [-0.4, -0.2) is 36.2 Å². The Hall–Kier alpha value is -1.16. The second kappa shape index (κ2) is 5.49. The lowest BCUT2D eigenvalue weighted by atomic mass is 10.2. The molecule has 0 spiro atoms. The summed E-state index contributed by atoms with van der Waals surface area (Å²) in [6.07, 6.45) is 0.762. The van der Waals surface area contributed by atoms with Crippen molar-refractivity contribution in [3.8, 4) is 0 Å². The Morgan fingerprint density at radius 1 is 1.83 bits per heavy atom.